The highest BCUT2D eigenvalue weighted by atomic mass is 35.5. The fraction of sp³-hybridized carbons (Fsp3) is 0.474. The highest BCUT2D eigenvalue weighted by Gasteiger charge is 2.27. The maximum Gasteiger partial charge on any atom is 0.246 e. The second-order valence-electron chi connectivity index (χ2n) is 6.48. The number of benzene rings is 1. The molecule has 2 amide bonds. The summed E-state index contributed by atoms with van der Waals surface area (Å²) in [6, 6.07) is 3.52. The van der Waals surface area contributed by atoms with Crippen LogP contribution in [0, 0.1) is 5.92 Å². The van der Waals surface area contributed by atoms with E-state index in [-0.39, 0.29) is 24.5 Å². The molecule has 0 spiro atoms. The molecule has 0 aromatic heterocycles. The topological polar surface area (TPSA) is 67.9 Å². The zero-order valence-electron chi connectivity index (χ0n) is 14.8. The van der Waals surface area contributed by atoms with Gasteiger partial charge in [0.15, 0.2) is 11.5 Å². The summed E-state index contributed by atoms with van der Waals surface area (Å²) >= 11 is 6.16. The quantitative estimate of drug-likeness (QED) is 0.800. The summed E-state index contributed by atoms with van der Waals surface area (Å²) in [6.45, 7) is 3.97. The van der Waals surface area contributed by atoms with E-state index in [1.807, 2.05) is 6.92 Å². The first-order valence-electron chi connectivity index (χ1n) is 8.92. The molecule has 1 unspecified atom stereocenters. The van der Waals surface area contributed by atoms with Crippen molar-refractivity contribution >= 4 is 29.5 Å². The molecule has 140 valence electrons. The second-order valence-corrected chi connectivity index (χ2v) is 6.89. The Kier molecular flexibility index (Phi) is 6.04. The minimum absolute atomic E-state index is 0.0379. The summed E-state index contributed by atoms with van der Waals surface area (Å²) in [6.07, 6.45) is 5.78. The van der Waals surface area contributed by atoms with Gasteiger partial charge in [-0.25, -0.2) is 0 Å². The van der Waals surface area contributed by atoms with E-state index < -0.39 is 0 Å². The summed E-state index contributed by atoms with van der Waals surface area (Å²) in [5.74, 6) is 0.914. The van der Waals surface area contributed by atoms with Crippen LogP contribution in [0.2, 0.25) is 5.02 Å². The van der Waals surface area contributed by atoms with Gasteiger partial charge < -0.3 is 19.7 Å². The highest BCUT2D eigenvalue weighted by Crippen LogP contribution is 2.40. The van der Waals surface area contributed by atoms with Crippen LogP contribution >= 0.6 is 11.6 Å². The van der Waals surface area contributed by atoms with Crippen LogP contribution in [0.15, 0.2) is 18.2 Å². The summed E-state index contributed by atoms with van der Waals surface area (Å²) < 4.78 is 10.6. The van der Waals surface area contributed by atoms with Crippen molar-refractivity contribution in [3.63, 3.8) is 0 Å². The molecule has 2 heterocycles. The molecule has 2 aliphatic rings. The average molecular weight is 379 g/mol. The molecule has 1 fully saturated rings. The third-order valence-electron chi connectivity index (χ3n) is 4.52. The van der Waals surface area contributed by atoms with E-state index in [1.165, 1.54) is 6.08 Å². The smallest absolute Gasteiger partial charge is 0.246 e. The lowest BCUT2D eigenvalue weighted by Gasteiger charge is -2.31. The fourth-order valence-electron chi connectivity index (χ4n) is 3.14. The number of hydrogen-bond acceptors (Lipinski definition) is 4. The van der Waals surface area contributed by atoms with Crippen molar-refractivity contribution in [2.75, 3.05) is 26.4 Å². The Hall–Kier alpha value is -2.21. The van der Waals surface area contributed by atoms with Gasteiger partial charge in [0.05, 0.1) is 10.9 Å². The summed E-state index contributed by atoms with van der Waals surface area (Å²) in [5, 5.41) is 3.37. The molecule has 1 aromatic carbocycles. The lowest BCUT2D eigenvalue weighted by Crippen LogP contribution is -2.45. The Balaban J connectivity index is 1.61. The minimum Gasteiger partial charge on any atom is -0.454 e. The maximum atomic E-state index is 12.5. The standard InChI is InChI=1S/C19H23ClN2O4/c1-2-7-21-19(24)14-4-3-8-22(11-14)17(23)6-5-13-9-15(20)18-16(10-13)25-12-26-18/h5-6,9-10,14H,2-4,7-8,11-12H2,1H3,(H,21,24)/b6-5+. The molecule has 0 bridgehead atoms. The molecule has 0 aliphatic carbocycles. The molecule has 7 heteroatoms. The second kappa shape index (κ2) is 8.45. The van der Waals surface area contributed by atoms with Crippen LogP contribution in [0.1, 0.15) is 31.7 Å². The summed E-state index contributed by atoms with van der Waals surface area (Å²) in [5.41, 5.74) is 0.766. The van der Waals surface area contributed by atoms with Crippen molar-refractivity contribution in [3.8, 4) is 11.5 Å². The molecule has 0 saturated carbocycles. The maximum absolute atomic E-state index is 12.5. The molecule has 0 radical (unpaired) electrons. The van der Waals surface area contributed by atoms with E-state index in [0.717, 1.165) is 24.8 Å². The van der Waals surface area contributed by atoms with E-state index in [2.05, 4.69) is 5.32 Å². The number of ether oxygens (including phenoxy) is 2. The average Bonchev–Trinajstić information content (AvgIpc) is 3.13. The van der Waals surface area contributed by atoms with E-state index in [4.69, 9.17) is 21.1 Å². The van der Waals surface area contributed by atoms with Crippen LogP contribution in [-0.2, 0) is 9.59 Å². The largest absolute Gasteiger partial charge is 0.454 e. The predicted molar refractivity (Wildman–Crippen MR) is 99.2 cm³/mol. The zero-order valence-corrected chi connectivity index (χ0v) is 15.6. The van der Waals surface area contributed by atoms with Gasteiger partial charge in [-0.05, 0) is 43.0 Å². The Morgan fingerprint density at radius 3 is 3.04 bits per heavy atom. The number of nitrogens with one attached hydrogen (secondary N) is 1. The molecule has 2 aliphatic heterocycles. The molecule has 26 heavy (non-hydrogen) atoms. The normalized spacial score (nSPS) is 19.0. The Morgan fingerprint density at radius 2 is 2.23 bits per heavy atom. The first-order valence-corrected chi connectivity index (χ1v) is 9.30. The predicted octanol–water partition coefficient (Wildman–Crippen LogP) is 2.85. The molecule has 1 atom stereocenters. The van der Waals surface area contributed by atoms with Gasteiger partial charge in [0.1, 0.15) is 0 Å². The number of hydrogen-bond donors (Lipinski definition) is 1. The Morgan fingerprint density at radius 1 is 1.38 bits per heavy atom. The van der Waals surface area contributed by atoms with Gasteiger partial charge in [-0.2, -0.15) is 0 Å². The van der Waals surface area contributed by atoms with Crippen molar-refractivity contribution < 1.29 is 19.1 Å². The number of piperidine rings is 1. The molecule has 6 nitrogen and oxygen atoms in total. The Bertz CT molecular complexity index is 720. The van der Waals surface area contributed by atoms with Crippen molar-refractivity contribution in [2.24, 2.45) is 5.92 Å². The SMILES string of the molecule is CCCNC(=O)C1CCCN(C(=O)/C=C/c2cc(Cl)c3c(c2)OCO3)C1. The monoisotopic (exact) mass is 378 g/mol. The third kappa shape index (κ3) is 4.30. The number of amides is 2. The van der Waals surface area contributed by atoms with Crippen LogP contribution in [0.3, 0.4) is 0 Å². The van der Waals surface area contributed by atoms with Crippen molar-refractivity contribution in [3.05, 3.63) is 28.8 Å². The first-order chi connectivity index (χ1) is 12.6. The van der Waals surface area contributed by atoms with Crippen molar-refractivity contribution in [1.82, 2.24) is 10.2 Å². The lowest BCUT2D eigenvalue weighted by atomic mass is 9.97. The van der Waals surface area contributed by atoms with Crippen molar-refractivity contribution in [1.29, 1.82) is 0 Å². The first kappa shape index (κ1) is 18.6. The fourth-order valence-corrected chi connectivity index (χ4v) is 3.41. The van der Waals surface area contributed by atoms with Crippen molar-refractivity contribution in [2.45, 2.75) is 26.2 Å². The number of likely N-dealkylation sites (tertiary alicyclic amines) is 1. The van der Waals surface area contributed by atoms with E-state index in [9.17, 15) is 9.59 Å². The van der Waals surface area contributed by atoms with Gasteiger partial charge in [-0.15, -0.1) is 0 Å². The molecule has 1 saturated heterocycles. The lowest BCUT2D eigenvalue weighted by molar-refractivity contribution is -0.132. The van der Waals surface area contributed by atoms with Crippen LogP contribution in [0.25, 0.3) is 6.08 Å². The van der Waals surface area contributed by atoms with E-state index in [0.29, 0.717) is 36.2 Å². The van der Waals surface area contributed by atoms with Gasteiger partial charge in [0, 0.05) is 25.7 Å². The van der Waals surface area contributed by atoms with Gasteiger partial charge in [0.25, 0.3) is 0 Å². The number of rotatable bonds is 5. The highest BCUT2D eigenvalue weighted by molar-refractivity contribution is 6.32. The van der Waals surface area contributed by atoms with Gasteiger partial charge in [-0.3, -0.25) is 9.59 Å². The molecule has 1 aromatic rings. The third-order valence-corrected chi connectivity index (χ3v) is 4.80. The molecular formula is C19H23ClN2O4. The van der Waals surface area contributed by atoms with Gasteiger partial charge in [-0.1, -0.05) is 18.5 Å². The number of halogens is 1. The van der Waals surface area contributed by atoms with Crippen LogP contribution in [0.5, 0.6) is 11.5 Å². The van der Waals surface area contributed by atoms with Crippen LogP contribution in [-0.4, -0.2) is 43.1 Å². The number of carbonyl (C=O) groups is 2. The number of nitrogens with zero attached hydrogens (tertiary/aromatic N) is 1. The summed E-state index contributed by atoms with van der Waals surface area (Å²) in [7, 11) is 0. The van der Waals surface area contributed by atoms with E-state index in [1.54, 1.807) is 23.1 Å². The number of carbonyl (C=O) groups excluding carboxylic acids is 2. The number of fused-ring (bicyclic) bond motifs is 1. The molecule has 1 N–H and O–H groups in total. The zero-order chi connectivity index (χ0) is 18.5. The van der Waals surface area contributed by atoms with Gasteiger partial charge in [0.2, 0.25) is 18.6 Å². The molecule has 3 rings (SSSR count). The summed E-state index contributed by atoms with van der Waals surface area (Å²) in [4.78, 5) is 26.4. The van der Waals surface area contributed by atoms with Crippen LogP contribution < -0.4 is 14.8 Å². The Labute approximate surface area is 158 Å². The van der Waals surface area contributed by atoms with E-state index >= 15 is 0 Å². The van der Waals surface area contributed by atoms with Crippen LogP contribution in [0.4, 0.5) is 0 Å². The minimum atomic E-state index is -0.132. The van der Waals surface area contributed by atoms with Gasteiger partial charge >= 0.3 is 0 Å². The molecular weight excluding hydrogens is 356 g/mol.